The number of aromatic nitrogens is 3. The topological polar surface area (TPSA) is 60.2 Å². The van der Waals surface area contributed by atoms with Crippen LogP contribution in [0, 0.1) is 18.6 Å². The molecule has 30 heavy (non-hydrogen) atoms. The third-order valence-electron chi connectivity index (χ3n) is 5.16. The predicted octanol–water partition coefficient (Wildman–Crippen LogP) is 3.60. The first-order chi connectivity index (χ1) is 14.5. The molecule has 1 fully saturated rings. The van der Waals surface area contributed by atoms with Gasteiger partial charge in [0.2, 0.25) is 0 Å². The van der Waals surface area contributed by atoms with Crippen molar-refractivity contribution in [2.24, 2.45) is 0 Å². The third-order valence-corrected chi connectivity index (χ3v) is 5.16. The highest BCUT2D eigenvalue weighted by molar-refractivity contribution is 5.92. The van der Waals surface area contributed by atoms with Crippen molar-refractivity contribution >= 4 is 5.91 Å². The van der Waals surface area contributed by atoms with Gasteiger partial charge in [-0.15, -0.1) is 5.10 Å². The Morgan fingerprint density at radius 1 is 1.13 bits per heavy atom. The normalized spacial score (nSPS) is 14.7. The van der Waals surface area contributed by atoms with E-state index in [-0.39, 0.29) is 29.8 Å². The molecule has 1 saturated heterocycles. The Hall–Kier alpha value is -3.29. The standard InChI is InChI=1S/C22H22F2N4O2/c1-15-4-2-5-17(12-15)30-16-8-10-27(11-9-16)22(29)21-14-28(26-25-21)13-18-19(23)6-3-7-20(18)24/h2-7,12,14,16H,8-11,13H2,1H3. The molecule has 0 radical (unpaired) electrons. The molecule has 1 aliphatic heterocycles. The molecule has 6 nitrogen and oxygen atoms in total. The van der Waals surface area contributed by atoms with E-state index in [1.165, 1.54) is 29.1 Å². The number of halogens is 2. The van der Waals surface area contributed by atoms with Crippen molar-refractivity contribution in [1.29, 1.82) is 0 Å². The first-order valence-electron chi connectivity index (χ1n) is 9.85. The van der Waals surface area contributed by atoms with Crippen LogP contribution in [0.25, 0.3) is 0 Å². The summed E-state index contributed by atoms with van der Waals surface area (Å²) in [5.74, 6) is -0.726. The molecule has 156 valence electrons. The lowest BCUT2D eigenvalue weighted by molar-refractivity contribution is 0.0590. The van der Waals surface area contributed by atoms with E-state index in [4.69, 9.17) is 4.74 Å². The number of benzene rings is 2. The lowest BCUT2D eigenvalue weighted by Crippen LogP contribution is -2.42. The highest BCUT2D eigenvalue weighted by Crippen LogP contribution is 2.21. The van der Waals surface area contributed by atoms with E-state index in [1.54, 1.807) is 4.90 Å². The van der Waals surface area contributed by atoms with Gasteiger partial charge in [0.1, 0.15) is 23.5 Å². The van der Waals surface area contributed by atoms with Crippen LogP contribution in [0.5, 0.6) is 5.75 Å². The summed E-state index contributed by atoms with van der Waals surface area (Å²) in [5.41, 5.74) is 1.18. The first kappa shape index (κ1) is 20.0. The van der Waals surface area contributed by atoms with Gasteiger partial charge in [-0.25, -0.2) is 13.5 Å². The second-order valence-electron chi connectivity index (χ2n) is 7.43. The fraction of sp³-hybridized carbons (Fsp3) is 0.318. The molecule has 3 aromatic rings. The Morgan fingerprint density at radius 2 is 1.83 bits per heavy atom. The van der Waals surface area contributed by atoms with Crippen LogP contribution in [-0.4, -0.2) is 45.0 Å². The van der Waals surface area contributed by atoms with E-state index in [0.717, 1.165) is 11.3 Å². The molecule has 0 unspecified atom stereocenters. The average Bonchev–Trinajstić information content (AvgIpc) is 3.20. The van der Waals surface area contributed by atoms with Gasteiger partial charge in [-0.05, 0) is 36.8 Å². The summed E-state index contributed by atoms with van der Waals surface area (Å²) < 4.78 is 34.9. The molecule has 2 heterocycles. The van der Waals surface area contributed by atoms with Crippen molar-refractivity contribution in [2.45, 2.75) is 32.4 Å². The van der Waals surface area contributed by atoms with Crippen LogP contribution in [-0.2, 0) is 6.54 Å². The molecule has 1 aromatic heterocycles. The summed E-state index contributed by atoms with van der Waals surface area (Å²) in [6, 6.07) is 11.6. The van der Waals surface area contributed by atoms with E-state index in [1.807, 2.05) is 31.2 Å². The molecular formula is C22H22F2N4O2. The molecular weight excluding hydrogens is 390 g/mol. The van der Waals surface area contributed by atoms with E-state index in [9.17, 15) is 13.6 Å². The van der Waals surface area contributed by atoms with Gasteiger partial charge in [0.15, 0.2) is 5.69 Å². The fourth-order valence-corrected chi connectivity index (χ4v) is 3.54. The highest BCUT2D eigenvalue weighted by atomic mass is 19.1. The number of amides is 1. The number of hydrogen-bond acceptors (Lipinski definition) is 4. The molecule has 8 heteroatoms. The Morgan fingerprint density at radius 3 is 2.53 bits per heavy atom. The monoisotopic (exact) mass is 412 g/mol. The number of ether oxygens (including phenoxy) is 1. The van der Waals surface area contributed by atoms with E-state index < -0.39 is 11.6 Å². The molecule has 2 aromatic carbocycles. The van der Waals surface area contributed by atoms with E-state index in [0.29, 0.717) is 25.9 Å². The lowest BCUT2D eigenvalue weighted by Gasteiger charge is -2.31. The second-order valence-corrected chi connectivity index (χ2v) is 7.43. The Labute approximate surface area is 173 Å². The summed E-state index contributed by atoms with van der Waals surface area (Å²) in [6.45, 7) is 2.97. The Kier molecular flexibility index (Phi) is 5.74. The minimum Gasteiger partial charge on any atom is -0.490 e. The largest absolute Gasteiger partial charge is 0.490 e. The van der Waals surface area contributed by atoms with Gasteiger partial charge >= 0.3 is 0 Å². The summed E-state index contributed by atoms with van der Waals surface area (Å²) in [5, 5.41) is 7.74. The van der Waals surface area contributed by atoms with Gasteiger partial charge in [0, 0.05) is 31.5 Å². The molecule has 0 atom stereocenters. The smallest absolute Gasteiger partial charge is 0.276 e. The van der Waals surface area contributed by atoms with Crippen LogP contribution in [0.15, 0.2) is 48.7 Å². The molecule has 1 amide bonds. The van der Waals surface area contributed by atoms with Crippen LogP contribution in [0.4, 0.5) is 8.78 Å². The quantitative estimate of drug-likeness (QED) is 0.643. The van der Waals surface area contributed by atoms with Gasteiger partial charge in [-0.3, -0.25) is 4.79 Å². The van der Waals surface area contributed by atoms with E-state index in [2.05, 4.69) is 10.3 Å². The summed E-state index contributed by atoms with van der Waals surface area (Å²) in [6.07, 6.45) is 2.90. The molecule has 0 bridgehead atoms. The van der Waals surface area contributed by atoms with Crippen molar-refractivity contribution in [3.63, 3.8) is 0 Å². The minimum absolute atomic E-state index is 0.0514. The molecule has 0 aliphatic carbocycles. The van der Waals surface area contributed by atoms with Crippen molar-refractivity contribution < 1.29 is 18.3 Å². The molecule has 0 N–H and O–H groups in total. The van der Waals surface area contributed by atoms with Crippen molar-refractivity contribution in [2.75, 3.05) is 13.1 Å². The van der Waals surface area contributed by atoms with Crippen molar-refractivity contribution in [1.82, 2.24) is 19.9 Å². The number of piperidine rings is 1. The summed E-state index contributed by atoms with van der Waals surface area (Å²) in [7, 11) is 0. The van der Waals surface area contributed by atoms with Crippen LogP contribution < -0.4 is 4.74 Å². The fourth-order valence-electron chi connectivity index (χ4n) is 3.54. The number of hydrogen-bond donors (Lipinski definition) is 0. The Bertz CT molecular complexity index is 1020. The Balaban J connectivity index is 1.34. The van der Waals surface area contributed by atoms with Crippen molar-refractivity contribution in [3.05, 3.63) is 77.1 Å². The lowest BCUT2D eigenvalue weighted by atomic mass is 10.1. The molecule has 1 aliphatic rings. The van der Waals surface area contributed by atoms with Gasteiger partial charge in [-0.2, -0.15) is 0 Å². The average molecular weight is 412 g/mol. The van der Waals surface area contributed by atoms with Gasteiger partial charge in [0.05, 0.1) is 12.7 Å². The summed E-state index contributed by atoms with van der Waals surface area (Å²) in [4.78, 5) is 14.4. The van der Waals surface area contributed by atoms with E-state index >= 15 is 0 Å². The zero-order valence-corrected chi connectivity index (χ0v) is 16.6. The second kappa shape index (κ2) is 8.61. The summed E-state index contributed by atoms with van der Waals surface area (Å²) >= 11 is 0. The predicted molar refractivity (Wildman–Crippen MR) is 106 cm³/mol. The molecule has 4 rings (SSSR count). The number of carbonyl (C=O) groups is 1. The maximum atomic E-state index is 13.8. The SMILES string of the molecule is Cc1cccc(OC2CCN(C(=O)c3cn(Cc4c(F)cccc4F)nn3)CC2)c1. The first-order valence-corrected chi connectivity index (χ1v) is 9.85. The van der Waals surface area contributed by atoms with Crippen LogP contribution in [0.2, 0.25) is 0 Å². The maximum Gasteiger partial charge on any atom is 0.276 e. The number of nitrogens with zero attached hydrogens (tertiary/aromatic N) is 4. The number of carbonyl (C=O) groups excluding carboxylic acids is 1. The maximum absolute atomic E-state index is 13.8. The number of rotatable bonds is 5. The van der Waals surface area contributed by atoms with Crippen LogP contribution in [0.1, 0.15) is 34.5 Å². The molecule has 0 saturated carbocycles. The molecule has 0 spiro atoms. The van der Waals surface area contributed by atoms with Gasteiger partial charge in [0.25, 0.3) is 5.91 Å². The van der Waals surface area contributed by atoms with Crippen LogP contribution in [0.3, 0.4) is 0 Å². The third kappa shape index (κ3) is 4.48. The van der Waals surface area contributed by atoms with Gasteiger partial charge in [-0.1, -0.05) is 23.4 Å². The van der Waals surface area contributed by atoms with Crippen LogP contribution >= 0.6 is 0 Å². The zero-order chi connectivity index (χ0) is 21.1. The number of aryl methyl sites for hydroxylation is 1. The van der Waals surface area contributed by atoms with Crippen molar-refractivity contribution in [3.8, 4) is 5.75 Å². The highest BCUT2D eigenvalue weighted by Gasteiger charge is 2.26. The minimum atomic E-state index is -0.658. The number of likely N-dealkylation sites (tertiary alicyclic amines) is 1. The van der Waals surface area contributed by atoms with Gasteiger partial charge < -0.3 is 9.64 Å². The zero-order valence-electron chi connectivity index (χ0n) is 16.6.